The molecule has 0 spiro atoms. The molecule has 0 bridgehead atoms. The Hall–Kier alpha value is -0.640. The number of aliphatic hydroxyl groups is 1. The number of hydrogen-bond acceptors (Lipinski definition) is 2. The number of rotatable bonds is 5. The Bertz CT molecular complexity index is 317. The molecule has 0 aliphatic heterocycles. The molecule has 15 heavy (non-hydrogen) atoms. The van der Waals surface area contributed by atoms with E-state index in [4.69, 9.17) is 16.7 Å². The molecule has 0 radical (unpaired) electrons. The van der Waals surface area contributed by atoms with Crippen LogP contribution in [0.3, 0.4) is 0 Å². The fraction of sp³-hybridized carbons (Fsp3) is 0.455. The largest absolute Gasteiger partial charge is 0.393 e. The van der Waals surface area contributed by atoms with Crippen LogP contribution in [0, 0.1) is 5.82 Å². The average Bonchev–Trinajstić information content (AvgIpc) is 2.18. The van der Waals surface area contributed by atoms with Gasteiger partial charge in [-0.1, -0.05) is 23.7 Å². The van der Waals surface area contributed by atoms with E-state index in [9.17, 15) is 4.39 Å². The SMILES string of the molecule is C[C@H](O)CCNCc1cccc(Cl)c1F. The third-order valence-corrected chi connectivity index (χ3v) is 2.38. The van der Waals surface area contributed by atoms with E-state index in [0.717, 1.165) is 0 Å². The fourth-order valence-electron chi connectivity index (χ4n) is 1.22. The second-order valence-electron chi connectivity index (χ2n) is 3.53. The van der Waals surface area contributed by atoms with Gasteiger partial charge >= 0.3 is 0 Å². The lowest BCUT2D eigenvalue weighted by atomic mass is 10.2. The predicted octanol–water partition coefficient (Wildman–Crippen LogP) is 2.34. The molecule has 0 heterocycles. The van der Waals surface area contributed by atoms with Crippen molar-refractivity contribution < 1.29 is 9.50 Å². The molecule has 0 amide bonds. The van der Waals surface area contributed by atoms with Crippen LogP contribution in [-0.4, -0.2) is 17.8 Å². The maximum absolute atomic E-state index is 13.4. The summed E-state index contributed by atoms with van der Waals surface area (Å²) in [6, 6.07) is 4.93. The van der Waals surface area contributed by atoms with E-state index in [1.807, 2.05) is 0 Å². The summed E-state index contributed by atoms with van der Waals surface area (Å²) in [7, 11) is 0. The number of halogens is 2. The average molecular weight is 232 g/mol. The smallest absolute Gasteiger partial charge is 0.146 e. The van der Waals surface area contributed by atoms with E-state index in [0.29, 0.717) is 25.1 Å². The van der Waals surface area contributed by atoms with Gasteiger partial charge in [0, 0.05) is 12.1 Å². The van der Waals surface area contributed by atoms with Gasteiger partial charge < -0.3 is 10.4 Å². The molecule has 0 saturated heterocycles. The molecule has 0 unspecified atom stereocenters. The third kappa shape index (κ3) is 4.16. The highest BCUT2D eigenvalue weighted by atomic mass is 35.5. The first-order chi connectivity index (χ1) is 7.11. The summed E-state index contributed by atoms with van der Waals surface area (Å²) in [5.41, 5.74) is 0.549. The molecule has 84 valence electrons. The number of aliphatic hydroxyl groups excluding tert-OH is 1. The zero-order chi connectivity index (χ0) is 11.3. The lowest BCUT2D eigenvalue weighted by Gasteiger charge is -2.07. The zero-order valence-corrected chi connectivity index (χ0v) is 9.39. The van der Waals surface area contributed by atoms with Gasteiger partial charge in [0.1, 0.15) is 5.82 Å². The summed E-state index contributed by atoms with van der Waals surface area (Å²) >= 11 is 5.63. The molecule has 2 N–H and O–H groups in total. The molecule has 0 aromatic heterocycles. The van der Waals surface area contributed by atoms with E-state index in [-0.39, 0.29) is 16.9 Å². The van der Waals surface area contributed by atoms with Crippen molar-refractivity contribution in [3.05, 3.63) is 34.6 Å². The summed E-state index contributed by atoms with van der Waals surface area (Å²) in [6.07, 6.45) is 0.323. The summed E-state index contributed by atoms with van der Waals surface area (Å²) in [6.45, 7) is 2.81. The van der Waals surface area contributed by atoms with E-state index in [1.54, 1.807) is 19.1 Å². The highest BCUT2D eigenvalue weighted by Gasteiger charge is 2.05. The first-order valence-corrected chi connectivity index (χ1v) is 5.30. The van der Waals surface area contributed by atoms with Crippen LogP contribution >= 0.6 is 11.6 Å². The summed E-state index contributed by atoms with van der Waals surface area (Å²) in [5, 5.41) is 12.2. The monoisotopic (exact) mass is 231 g/mol. The molecule has 0 saturated carbocycles. The van der Waals surface area contributed by atoms with Gasteiger partial charge in [0.05, 0.1) is 11.1 Å². The van der Waals surface area contributed by atoms with Crippen LogP contribution in [0.1, 0.15) is 18.9 Å². The quantitative estimate of drug-likeness (QED) is 0.763. The van der Waals surface area contributed by atoms with Gasteiger partial charge in [0.15, 0.2) is 0 Å². The van der Waals surface area contributed by atoms with Gasteiger partial charge in [-0.2, -0.15) is 0 Å². The van der Waals surface area contributed by atoms with Crippen molar-refractivity contribution in [3.8, 4) is 0 Å². The van der Waals surface area contributed by atoms with Gasteiger partial charge in [0.25, 0.3) is 0 Å². The Morgan fingerprint density at radius 1 is 1.53 bits per heavy atom. The van der Waals surface area contributed by atoms with Crippen molar-refractivity contribution in [2.75, 3.05) is 6.54 Å². The third-order valence-electron chi connectivity index (χ3n) is 2.09. The van der Waals surface area contributed by atoms with Crippen LogP contribution < -0.4 is 5.32 Å². The lowest BCUT2D eigenvalue weighted by Crippen LogP contribution is -2.19. The normalized spacial score (nSPS) is 12.8. The van der Waals surface area contributed by atoms with Crippen LogP contribution in [0.5, 0.6) is 0 Å². The summed E-state index contributed by atoms with van der Waals surface area (Å²) in [4.78, 5) is 0. The van der Waals surface area contributed by atoms with Crippen LogP contribution in [-0.2, 0) is 6.54 Å². The predicted molar refractivity (Wildman–Crippen MR) is 59.4 cm³/mol. The van der Waals surface area contributed by atoms with E-state index >= 15 is 0 Å². The first kappa shape index (κ1) is 12.4. The highest BCUT2D eigenvalue weighted by molar-refractivity contribution is 6.30. The van der Waals surface area contributed by atoms with Gasteiger partial charge in [-0.3, -0.25) is 0 Å². The molecule has 1 aromatic carbocycles. The van der Waals surface area contributed by atoms with Crippen LogP contribution in [0.2, 0.25) is 5.02 Å². The molecular weight excluding hydrogens is 217 g/mol. The van der Waals surface area contributed by atoms with E-state index < -0.39 is 0 Å². The maximum atomic E-state index is 13.4. The molecule has 0 aliphatic carbocycles. The summed E-state index contributed by atoms with van der Waals surface area (Å²) < 4.78 is 13.4. The summed E-state index contributed by atoms with van der Waals surface area (Å²) in [5.74, 6) is -0.372. The van der Waals surface area contributed by atoms with Crippen molar-refractivity contribution in [1.29, 1.82) is 0 Å². The van der Waals surface area contributed by atoms with Crippen molar-refractivity contribution in [2.24, 2.45) is 0 Å². The lowest BCUT2D eigenvalue weighted by molar-refractivity contribution is 0.183. The van der Waals surface area contributed by atoms with Gasteiger partial charge in [-0.25, -0.2) is 4.39 Å². The standard InChI is InChI=1S/C11H15ClFNO/c1-8(15)5-6-14-7-9-3-2-4-10(12)11(9)13/h2-4,8,14-15H,5-7H2,1H3/t8-/m0/s1. The minimum absolute atomic E-state index is 0.143. The minimum Gasteiger partial charge on any atom is -0.393 e. The molecule has 1 rings (SSSR count). The molecule has 4 heteroatoms. The van der Waals surface area contributed by atoms with Crippen molar-refractivity contribution in [2.45, 2.75) is 26.0 Å². The van der Waals surface area contributed by atoms with Gasteiger partial charge in [-0.15, -0.1) is 0 Å². The molecule has 1 aromatic rings. The van der Waals surface area contributed by atoms with Gasteiger partial charge in [-0.05, 0) is 26.0 Å². The first-order valence-electron chi connectivity index (χ1n) is 4.93. The Labute approximate surface area is 94.1 Å². The minimum atomic E-state index is -0.372. The Morgan fingerprint density at radius 3 is 2.93 bits per heavy atom. The van der Waals surface area contributed by atoms with Crippen LogP contribution in [0.4, 0.5) is 4.39 Å². The topological polar surface area (TPSA) is 32.3 Å². The molecular formula is C11H15ClFNO. The van der Waals surface area contributed by atoms with Crippen LogP contribution in [0.15, 0.2) is 18.2 Å². The van der Waals surface area contributed by atoms with E-state index in [1.165, 1.54) is 6.07 Å². The molecule has 2 nitrogen and oxygen atoms in total. The Morgan fingerprint density at radius 2 is 2.27 bits per heavy atom. The maximum Gasteiger partial charge on any atom is 0.146 e. The van der Waals surface area contributed by atoms with Crippen molar-refractivity contribution in [3.63, 3.8) is 0 Å². The number of nitrogens with one attached hydrogen (secondary N) is 1. The second-order valence-corrected chi connectivity index (χ2v) is 3.93. The second kappa shape index (κ2) is 6.05. The number of hydrogen-bond donors (Lipinski definition) is 2. The Kier molecular flexibility index (Phi) is 5.02. The zero-order valence-electron chi connectivity index (χ0n) is 8.63. The highest BCUT2D eigenvalue weighted by Crippen LogP contribution is 2.17. The van der Waals surface area contributed by atoms with Crippen LogP contribution in [0.25, 0.3) is 0 Å². The Balaban J connectivity index is 2.41. The van der Waals surface area contributed by atoms with E-state index in [2.05, 4.69) is 5.32 Å². The molecule has 0 fully saturated rings. The number of benzene rings is 1. The molecule has 1 atom stereocenters. The van der Waals surface area contributed by atoms with Gasteiger partial charge in [0.2, 0.25) is 0 Å². The fourth-order valence-corrected chi connectivity index (χ4v) is 1.41. The molecule has 0 aliphatic rings. The van der Waals surface area contributed by atoms with Crippen molar-refractivity contribution >= 4 is 11.6 Å². The van der Waals surface area contributed by atoms with Crippen molar-refractivity contribution in [1.82, 2.24) is 5.32 Å².